The van der Waals surface area contributed by atoms with Gasteiger partial charge in [0, 0.05) is 4.88 Å². The van der Waals surface area contributed by atoms with E-state index < -0.39 is 0 Å². The van der Waals surface area contributed by atoms with E-state index in [0.717, 1.165) is 28.6 Å². The molecule has 5 nitrogen and oxygen atoms in total. The summed E-state index contributed by atoms with van der Waals surface area (Å²) in [4.78, 5) is 23.4. The SMILES string of the molecule is Cc1cccc(C(=O)OCc2nc(N)c3c4c(sc3n2)CCCC4)c1. The number of carbonyl (C=O) groups is 1. The number of nitrogen functional groups attached to an aromatic ring is 1. The fourth-order valence-electron chi connectivity index (χ4n) is 3.28. The van der Waals surface area contributed by atoms with Gasteiger partial charge in [0.05, 0.1) is 10.9 Å². The second-order valence-electron chi connectivity index (χ2n) is 6.36. The van der Waals surface area contributed by atoms with Crippen molar-refractivity contribution in [1.82, 2.24) is 9.97 Å². The van der Waals surface area contributed by atoms with Crippen molar-refractivity contribution in [1.29, 1.82) is 0 Å². The van der Waals surface area contributed by atoms with E-state index in [1.165, 1.54) is 23.3 Å². The van der Waals surface area contributed by atoms with Gasteiger partial charge in [-0.2, -0.15) is 0 Å². The zero-order valence-electron chi connectivity index (χ0n) is 14.0. The first-order valence-corrected chi connectivity index (χ1v) is 9.24. The fourth-order valence-corrected chi connectivity index (χ4v) is 4.57. The van der Waals surface area contributed by atoms with Gasteiger partial charge in [-0.05, 0) is 50.3 Å². The molecule has 0 unspecified atom stereocenters. The van der Waals surface area contributed by atoms with Crippen LogP contribution in [-0.2, 0) is 24.2 Å². The predicted octanol–water partition coefficient (Wildman–Crippen LogP) is 3.82. The third-order valence-electron chi connectivity index (χ3n) is 4.48. The molecule has 0 radical (unpaired) electrons. The van der Waals surface area contributed by atoms with Crippen LogP contribution in [0.1, 0.15) is 45.0 Å². The Kier molecular flexibility index (Phi) is 4.13. The number of aryl methyl sites for hydroxylation is 3. The molecule has 0 fully saturated rings. The van der Waals surface area contributed by atoms with Crippen LogP contribution in [0, 0.1) is 6.92 Å². The molecule has 3 aromatic rings. The number of carbonyl (C=O) groups excluding carboxylic acids is 1. The number of rotatable bonds is 3. The first-order valence-electron chi connectivity index (χ1n) is 8.42. The van der Waals surface area contributed by atoms with E-state index in [9.17, 15) is 4.79 Å². The van der Waals surface area contributed by atoms with E-state index in [1.807, 2.05) is 19.1 Å². The van der Waals surface area contributed by atoms with E-state index in [4.69, 9.17) is 10.5 Å². The van der Waals surface area contributed by atoms with Gasteiger partial charge in [-0.1, -0.05) is 17.7 Å². The number of anilines is 1. The summed E-state index contributed by atoms with van der Waals surface area (Å²) in [6.07, 6.45) is 4.54. The van der Waals surface area contributed by atoms with E-state index >= 15 is 0 Å². The molecule has 0 amide bonds. The molecule has 6 heteroatoms. The lowest BCUT2D eigenvalue weighted by Gasteiger charge is -2.10. The maximum atomic E-state index is 12.2. The molecule has 2 aromatic heterocycles. The molecule has 1 aliphatic carbocycles. The van der Waals surface area contributed by atoms with Crippen molar-refractivity contribution in [2.24, 2.45) is 0 Å². The summed E-state index contributed by atoms with van der Waals surface area (Å²) >= 11 is 1.69. The van der Waals surface area contributed by atoms with Crippen LogP contribution in [0.5, 0.6) is 0 Å². The Balaban J connectivity index is 1.57. The lowest BCUT2D eigenvalue weighted by atomic mass is 9.97. The lowest BCUT2D eigenvalue weighted by molar-refractivity contribution is 0.0462. The number of benzene rings is 1. The van der Waals surface area contributed by atoms with Crippen LogP contribution in [0.2, 0.25) is 0 Å². The van der Waals surface area contributed by atoms with Crippen molar-refractivity contribution in [3.8, 4) is 0 Å². The molecule has 0 saturated carbocycles. The fraction of sp³-hybridized carbons (Fsp3) is 0.316. The predicted molar refractivity (Wildman–Crippen MR) is 98.8 cm³/mol. The third kappa shape index (κ3) is 3.09. The molecule has 1 aromatic carbocycles. The van der Waals surface area contributed by atoms with Gasteiger partial charge in [0.1, 0.15) is 10.6 Å². The van der Waals surface area contributed by atoms with E-state index in [-0.39, 0.29) is 12.6 Å². The van der Waals surface area contributed by atoms with Gasteiger partial charge in [-0.3, -0.25) is 0 Å². The molecule has 0 spiro atoms. The average molecular weight is 353 g/mol. The van der Waals surface area contributed by atoms with Gasteiger partial charge in [-0.25, -0.2) is 14.8 Å². The van der Waals surface area contributed by atoms with E-state index in [2.05, 4.69) is 9.97 Å². The Bertz CT molecular complexity index is 965. The minimum atomic E-state index is -0.378. The summed E-state index contributed by atoms with van der Waals surface area (Å²) in [5.41, 5.74) is 9.03. The van der Waals surface area contributed by atoms with Crippen molar-refractivity contribution in [3.63, 3.8) is 0 Å². The Morgan fingerprint density at radius 1 is 1.28 bits per heavy atom. The Morgan fingerprint density at radius 2 is 2.12 bits per heavy atom. The topological polar surface area (TPSA) is 78.1 Å². The number of nitrogens with two attached hydrogens (primary N) is 1. The van der Waals surface area contributed by atoms with Crippen molar-refractivity contribution in [2.45, 2.75) is 39.2 Å². The maximum Gasteiger partial charge on any atom is 0.338 e. The summed E-state index contributed by atoms with van der Waals surface area (Å²) < 4.78 is 5.36. The molecular formula is C19H19N3O2S. The Hall–Kier alpha value is -2.47. The molecule has 2 N–H and O–H groups in total. The van der Waals surface area contributed by atoms with Crippen LogP contribution in [-0.4, -0.2) is 15.9 Å². The largest absolute Gasteiger partial charge is 0.454 e. The zero-order valence-corrected chi connectivity index (χ0v) is 14.9. The quantitative estimate of drug-likeness (QED) is 0.724. The molecule has 25 heavy (non-hydrogen) atoms. The highest BCUT2D eigenvalue weighted by molar-refractivity contribution is 7.19. The summed E-state index contributed by atoms with van der Waals surface area (Å²) in [6, 6.07) is 7.31. The normalized spacial score (nSPS) is 13.6. The van der Waals surface area contributed by atoms with Crippen molar-refractivity contribution in [3.05, 3.63) is 51.7 Å². The standard InChI is InChI=1S/C19H19N3O2S/c1-11-5-4-6-12(9-11)19(23)24-10-15-21-17(20)16-13-7-2-3-8-14(13)25-18(16)22-15/h4-6,9H,2-3,7-8,10H2,1H3,(H2,20,21,22). The van der Waals surface area contributed by atoms with Crippen LogP contribution < -0.4 is 5.73 Å². The molecule has 1 aliphatic rings. The molecular weight excluding hydrogens is 334 g/mol. The first kappa shape index (κ1) is 16.0. The van der Waals surface area contributed by atoms with Gasteiger partial charge >= 0.3 is 5.97 Å². The molecule has 0 atom stereocenters. The number of nitrogens with zero attached hydrogens (tertiary/aromatic N) is 2. The van der Waals surface area contributed by atoms with Crippen LogP contribution in [0.15, 0.2) is 24.3 Å². The van der Waals surface area contributed by atoms with Gasteiger partial charge in [0.15, 0.2) is 12.4 Å². The average Bonchev–Trinajstić information content (AvgIpc) is 2.98. The Labute approximate surface area is 149 Å². The van der Waals surface area contributed by atoms with Crippen LogP contribution in [0.3, 0.4) is 0 Å². The number of esters is 1. The highest BCUT2D eigenvalue weighted by atomic mass is 32.1. The second kappa shape index (κ2) is 6.44. The summed E-state index contributed by atoms with van der Waals surface area (Å²) in [5, 5.41) is 0.994. The number of fused-ring (bicyclic) bond motifs is 3. The lowest BCUT2D eigenvalue weighted by Crippen LogP contribution is -2.09. The number of hydrogen-bond donors (Lipinski definition) is 1. The second-order valence-corrected chi connectivity index (χ2v) is 7.45. The molecule has 0 bridgehead atoms. The first-order chi connectivity index (χ1) is 12.1. The van der Waals surface area contributed by atoms with Crippen molar-refractivity contribution >= 4 is 33.3 Å². The summed E-state index contributed by atoms with van der Waals surface area (Å²) in [5.74, 6) is 0.562. The molecule has 2 heterocycles. The maximum absolute atomic E-state index is 12.2. The van der Waals surface area contributed by atoms with Crippen molar-refractivity contribution in [2.75, 3.05) is 5.73 Å². The van der Waals surface area contributed by atoms with Crippen LogP contribution >= 0.6 is 11.3 Å². The zero-order chi connectivity index (χ0) is 17.4. The highest BCUT2D eigenvalue weighted by Crippen LogP contribution is 2.37. The molecule has 0 saturated heterocycles. The third-order valence-corrected chi connectivity index (χ3v) is 5.66. The monoisotopic (exact) mass is 353 g/mol. The van der Waals surface area contributed by atoms with Crippen LogP contribution in [0.25, 0.3) is 10.2 Å². The van der Waals surface area contributed by atoms with E-state index in [0.29, 0.717) is 17.2 Å². The molecule has 0 aliphatic heterocycles. The molecule has 128 valence electrons. The van der Waals surface area contributed by atoms with Gasteiger partial charge in [-0.15, -0.1) is 11.3 Å². The number of thiophene rings is 1. The minimum Gasteiger partial charge on any atom is -0.454 e. The van der Waals surface area contributed by atoms with Crippen LogP contribution in [0.4, 0.5) is 5.82 Å². The van der Waals surface area contributed by atoms with E-state index in [1.54, 1.807) is 23.5 Å². The summed E-state index contributed by atoms with van der Waals surface area (Å²) in [7, 11) is 0. The van der Waals surface area contributed by atoms with Gasteiger partial charge in [0.2, 0.25) is 0 Å². The van der Waals surface area contributed by atoms with Crippen molar-refractivity contribution < 1.29 is 9.53 Å². The number of hydrogen-bond acceptors (Lipinski definition) is 6. The van der Waals surface area contributed by atoms with Gasteiger partial charge < -0.3 is 10.5 Å². The minimum absolute atomic E-state index is 0.0233. The number of ether oxygens (including phenoxy) is 1. The summed E-state index contributed by atoms with van der Waals surface area (Å²) in [6.45, 7) is 1.96. The smallest absolute Gasteiger partial charge is 0.338 e. The highest BCUT2D eigenvalue weighted by Gasteiger charge is 2.20. The number of aromatic nitrogens is 2. The van der Waals surface area contributed by atoms with Gasteiger partial charge in [0.25, 0.3) is 0 Å². The Morgan fingerprint density at radius 3 is 2.96 bits per heavy atom. The molecule has 4 rings (SSSR count).